The highest BCUT2D eigenvalue weighted by molar-refractivity contribution is 4.86. The molecule has 0 radical (unpaired) electrons. The van der Waals surface area contributed by atoms with Gasteiger partial charge in [-0.05, 0) is 35.5 Å². The van der Waals surface area contributed by atoms with Gasteiger partial charge in [-0.15, -0.1) is 0 Å². The van der Waals surface area contributed by atoms with Crippen molar-refractivity contribution in [2.24, 2.45) is 22.7 Å². The minimum absolute atomic E-state index is 0.454. The molecular weight excluding hydrogens is 180 g/mol. The summed E-state index contributed by atoms with van der Waals surface area (Å²) in [7, 11) is 0. The first-order valence-electron chi connectivity index (χ1n) is 6.58. The summed E-state index contributed by atoms with van der Waals surface area (Å²) in [5.74, 6) is 1.64. The van der Waals surface area contributed by atoms with Crippen LogP contribution in [-0.2, 0) is 0 Å². The van der Waals surface area contributed by atoms with E-state index in [0.29, 0.717) is 10.8 Å². The average Bonchev–Trinajstić information content (AvgIpc) is 1.98. The van der Waals surface area contributed by atoms with Crippen molar-refractivity contribution in [2.45, 2.75) is 74.7 Å². The van der Waals surface area contributed by atoms with Crippen molar-refractivity contribution in [3.8, 4) is 0 Å². The summed E-state index contributed by atoms with van der Waals surface area (Å²) in [6.07, 6.45) is 4.04. The quantitative estimate of drug-likeness (QED) is 0.543. The van der Waals surface area contributed by atoms with Gasteiger partial charge in [-0.25, -0.2) is 0 Å². The maximum Gasteiger partial charge on any atom is -0.0300 e. The molecule has 0 spiro atoms. The van der Waals surface area contributed by atoms with Gasteiger partial charge in [0.15, 0.2) is 0 Å². The van der Waals surface area contributed by atoms with Gasteiger partial charge in [-0.3, -0.25) is 0 Å². The van der Waals surface area contributed by atoms with Crippen LogP contribution in [0.15, 0.2) is 0 Å². The molecule has 15 heavy (non-hydrogen) atoms. The van der Waals surface area contributed by atoms with E-state index >= 15 is 0 Å². The molecule has 0 atom stereocenters. The molecule has 0 amide bonds. The zero-order valence-electron chi connectivity index (χ0n) is 12.3. The molecule has 0 bridgehead atoms. The second-order valence-corrected chi connectivity index (χ2v) is 7.30. The first-order chi connectivity index (χ1) is 6.58. The summed E-state index contributed by atoms with van der Waals surface area (Å²) in [5.41, 5.74) is 0.914. The van der Waals surface area contributed by atoms with E-state index in [1.807, 2.05) is 0 Å². The van der Waals surface area contributed by atoms with Gasteiger partial charge < -0.3 is 0 Å². The molecule has 0 aromatic rings. The molecule has 0 N–H and O–H groups in total. The van der Waals surface area contributed by atoms with Crippen LogP contribution < -0.4 is 0 Å². The van der Waals surface area contributed by atoms with Crippen LogP contribution in [0.2, 0.25) is 0 Å². The van der Waals surface area contributed by atoms with Crippen LogP contribution in [0.25, 0.3) is 0 Å². The minimum Gasteiger partial charge on any atom is -0.0628 e. The summed E-state index contributed by atoms with van der Waals surface area (Å²) in [5, 5.41) is 0. The third kappa shape index (κ3) is 5.04. The molecule has 0 aliphatic carbocycles. The molecule has 0 saturated carbocycles. The van der Waals surface area contributed by atoms with Gasteiger partial charge in [0.2, 0.25) is 0 Å². The Kier molecular flexibility index (Phi) is 5.37. The van der Waals surface area contributed by atoms with E-state index in [9.17, 15) is 0 Å². The van der Waals surface area contributed by atoms with Crippen LogP contribution in [0, 0.1) is 22.7 Å². The third-order valence-electron chi connectivity index (χ3n) is 4.10. The molecule has 0 heteroatoms. The van der Waals surface area contributed by atoms with Crippen molar-refractivity contribution in [1.82, 2.24) is 0 Å². The Balaban J connectivity index is 4.40. The minimum atomic E-state index is 0.454. The Morgan fingerprint density at radius 3 is 1.53 bits per heavy atom. The highest BCUT2D eigenvalue weighted by Gasteiger charge is 2.36. The van der Waals surface area contributed by atoms with Gasteiger partial charge >= 0.3 is 0 Å². The fraction of sp³-hybridized carbons (Fsp3) is 1.00. The van der Waals surface area contributed by atoms with E-state index in [1.165, 1.54) is 19.3 Å². The first-order valence-corrected chi connectivity index (χ1v) is 6.58. The Bertz CT molecular complexity index is 172. The summed E-state index contributed by atoms with van der Waals surface area (Å²) in [4.78, 5) is 0. The Labute approximate surface area is 97.8 Å². The van der Waals surface area contributed by atoms with E-state index < -0.39 is 0 Å². The van der Waals surface area contributed by atoms with Gasteiger partial charge in [0.1, 0.15) is 0 Å². The van der Waals surface area contributed by atoms with Crippen LogP contribution in [0.4, 0.5) is 0 Å². The summed E-state index contributed by atoms with van der Waals surface area (Å²) >= 11 is 0. The number of hydrogen-bond acceptors (Lipinski definition) is 0. The van der Waals surface area contributed by atoms with Crippen LogP contribution in [0.3, 0.4) is 0 Å². The topological polar surface area (TPSA) is 0 Å². The molecule has 0 saturated heterocycles. The van der Waals surface area contributed by atoms with E-state index in [2.05, 4.69) is 55.4 Å². The molecule has 0 aliphatic heterocycles. The second-order valence-electron chi connectivity index (χ2n) is 7.30. The maximum atomic E-state index is 2.44. The van der Waals surface area contributed by atoms with E-state index in [1.54, 1.807) is 0 Å². The normalized spacial score (nSPS) is 14.0. The van der Waals surface area contributed by atoms with Crippen molar-refractivity contribution in [3.05, 3.63) is 0 Å². The lowest BCUT2D eigenvalue weighted by molar-refractivity contribution is 0.0678. The fourth-order valence-electron chi connectivity index (χ4n) is 2.28. The van der Waals surface area contributed by atoms with Gasteiger partial charge in [-0.2, -0.15) is 0 Å². The van der Waals surface area contributed by atoms with Crippen LogP contribution in [0.1, 0.15) is 74.7 Å². The number of rotatable bonds is 6. The maximum absolute atomic E-state index is 2.44. The average molecular weight is 212 g/mol. The predicted molar refractivity (Wildman–Crippen MR) is 71.1 cm³/mol. The van der Waals surface area contributed by atoms with E-state index in [4.69, 9.17) is 0 Å². The molecule has 92 valence electrons. The lowest BCUT2D eigenvalue weighted by Gasteiger charge is -2.43. The molecule has 0 aromatic carbocycles. The monoisotopic (exact) mass is 212 g/mol. The lowest BCUT2D eigenvalue weighted by atomic mass is 9.62. The lowest BCUT2D eigenvalue weighted by Crippen LogP contribution is -2.34. The predicted octanol–water partition coefficient (Wildman–Crippen LogP) is 5.52. The van der Waals surface area contributed by atoms with Gasteiger partial charge in [0.05, 0.1) is 0 Å². The Morgan fingerprint density at radius 2 is 1.20 bits per heavy atom. The van der Waals surface area contributed by atoms with Gasteiger partial charge in [0, 0.05) is 0 Å². The molecule has 0 heterocycles. The molecular formula is C15H32. The molecule has 0 aliphatic rings. The van der Waals surface area contributed by atoms with Crippen molar-refractivity contribution in [2.75, 3.05) is 0 Å². The number of hydrogen-bond donors (Lipinski definition) is 0. The molecule has 0 aromatic heterocycles. The zero-order valence-corrected chi connectivity index (χ0v) is 12.3. The van der Waals surface area contributed by atoms with E-state index in [0.717, 1.165) is 11.8 Å². The first kappa shape index (κ1) is 15.0. The SMILES string of the molecule is CC(C)CCC(C)(C)C(C)(C)CC(C)C. The fourth-order valence-corrected chi connectivity index (χ4v) is 2.28. The summed E-state index contributed by atoms with van der Waals surface area (Å²) < 4.78 is 0. The molecule has 0 fully saturated rings. The van der Waals surface area contributed by atoms with Crippen LogP contribution >= 0.6 is 0 Å². The molecule has 0 nitrogen and oxygen atoms in total. The van der Waals surface area contributed by atoms with Crippen molar-refractivity contribution < 1.29 is 0 Å². The largest absolute Gasteiger partial charge is 0.0628 e. The van der Waals surface area contributed by atoms with E-state index in [-0.39, 0.29) is 0 Å². The Morgan fingerprint density at radius 1 is 0.733 bits per heavy atom. The Hall–Kier alpha value is 0. The van der Waals surface area contributed by atoms with Gasteiger partial charge in [-0.1, -0.05) is 61.8 Å². The molecule has 0 unspecified atom stereocenters. The molecule has 0 rings (SSSR count). The smallest absolute Gasteiger partial charge is 0.0300 e. The van der Waals surface area contributed by atoms with Crippen molar-refractivity contribution in [1.29, 1.82) is 0 Å². The highest BCUT2D eigenvalue weighted by Crippen LogP contribution is 2.46. The third-order valence-corrected chi connectivity index (χ3v) is 4.10. The van der Waals surface area contributed by atoms with Crippen molar-refractivity contribution in [3.63, 3.8) is 0 Å². The van der Waals surface area contributed by atoms with Crippen molar-refractivity contribution >= 4 is 0 Å². The highest BCUT2D eigenvalue weighted by atomic mass is 14.4. The van der Waals surface area contributed by atoms with Crippen LogP contribution in [-0.4, -0.2) is 0 Å². The summed E-state index contributed by atoms with van der Waals surface area (Å²) in [6, 6.07) is 0. The second kappa shape index (κ2) is 5.37. The zero-order chi connectivity index (χ0) is 12.3. The van der Waals surface area contributed by atoms with Crippen LogP contribution in [0.5, 0.6) is 0 Å². The standard InChI is InChI=1S/C15H32/c1-12(2)9-10-14(5,6)15(7,8)11-13(3)4/h12-13H,9-11H2,1-8H3. The van der Waals surface area contributed by atoms with Gasteiger partial charge in [0.25, 0.3) is 0 Å². The summed E-state index contributed by atoms with van der Waals surface area (Å²) in [6.45, 7) is 19.1.